The molecule has 1 aliphatic rings. The minimum absolute atomic E-state index is 0.178. The fourth-order valence-corrected chi connectivity index (χ4v) is 2.36. The van der Waals surface area contributed by atoms with Crippen LogP contribution >= 0.6 is 0 Å². The van der Waals surface area contributed by atoms with Crippen LogP contribution in [-0.4, -0.2) is 29.2 Å². The highest BCUT2D eigenvalue weighted by atomic mass is 16.3. The number of rotatable bonds is 2. The summed E-state index contributed by atoms with van der Waals surface area (Å²) in [5.74, 6) is 0. The fourth-order valence-electron chi connectivity index (χ4n) is 2.36. The number of likely N-dealkylation sites (tertiary alicyclic amines) is 1. The van der Waals surface area contributed by atoms with Crippen LogP contribution in [0.2, 0.25) is 0 Å². The molecule has 3 heteroatoms. The number of hydrogen-bond acceptors (Lipinski definition) is 3. The molecule has 2 rings (SSSR count). The van der Waals surface area contributed by atoms with E-state index >= 15 is 0 Å². The van der Waals surface area contributed by atoms with Gasteiger partial charge in [0.2, 0.25) is 0 Å². The van der Waals surface area contributed by atoms with Crippen molar-refractivity contribution in [2.45, 2.75) is 32.4 Å². The summed E-state index contributed by atoms with van der Waals surface area (Å²) in [7, 11) is 0. The number of benzene rings is 1. The lowest BCUT2D eigenvalue weighted by molar-refractivity contribution is 0.0667. The first-order valence-electron chi connectivity index (χ1n) is 6.09. The summed E-state index contributed by atoms with van der Waals surface area (Å²) in [6.07, 6.45) is 1.81. The number of aliphatic hydroxyl groups is 1. The Hall–Kier alpha value is -1.37. The van der Waals surface area contributed by atoms with Gasteiger partial charge in [-0.25, -0.2) is 0 Å². The SMILES string of the molecule is Cc1cc(C#N)ccc1CN1CCC[C@H](O)C1. The van der Waals surface area contributed by atoms with Crippen molar-refractivity contribution in [3.63, 3.8) is 0 Å². The van der Waals surface area contributed by atoms with E-state index in [1.54, 1.807) is 0 Å². The van der Waals surface area contributed by atoms with Gasteiger partial charge in [-0.3, -0.25) is 4.90 Å². The number of hydrogen-bond donors (Lipinski definition) is 1. The Kier molecular flexibility index (Phi) is 3.78. The fraction of sp³-hybridized carbons (Fsp3) is 0.500. The standard InChI is InChI=1S/C14H18N2O/c1-11-7-12(8-15)4-5-13(11)9-16-6-2-3-14(17)10-16/h4-5,7,14,17H,2-3,6,9-10H2,1H3/t14-/m0/s1. The zero-order valence-corrected chi connectivity index (χ0v) is 10.2. The Morgan fingerprint density at radius 2 is 2.35 bits per heavy atom. The molecule has 0 saturated carbocycles. The van der Waals surface area contributed by atoms with E-state index in [0.717, 1.165) is 38.0 Å². The van der Waals surface area contributed by atoms with E-state index in [0.29, 0.717) is 5.56 Å². The van der Waals surface area contributed by atoms with Gasteiger partial charge in [-0.15, -0.1) is 0 Å². The number of nitriles is 1. The van der Waals surface area contributed by atoms with Gasteiger partial charge in [0, 0.05) is 13.1 Å². The maximum absolute atomic E-state index is 9.62. The van der Waals surface area contributed by atoms with Gasteiger partial charge in [0.15, 0.2) is 0 Å². The largest absolute Gasteiger partial charge is 0.392 e. The van der Waals surface area contributed by atoms with Crippen LogP contribution in [0.25, 0.3) is 0 Å². The van der Waals surface area contributed by atoms with Gasteiger partial charge in [-0.2, -0.15) is 5.26 Å². The summed E-state index contributed by atoms with van der Waals surface area (Å²) in [5, 5.41) is 18.4. The molecule has 1 saturated heterocycles. The van der Waals surface area contributed by atoms with Crippen molar-refractivity contribution >= 4 is 0 Å². The lowest BCUT2D eigenvalue weighted by Gasteiger charge is -2.30. The monoisotopic (exact) mass is 230 g/mol. The molecule has 1 fully saturated rings. The summed E-state index contributed by atoms with van der Waals surface area (Å²) < 4.78 is 0. The van der Waals surface area contributed by atoms with E-state index in [1.807, 2.05) is 25.1 Å². The van der Waals surface area contributed by atoms with E-state index < -0.39 is 0 Å². The van der Waals surface area contributed by atoms with E-state index in [4.69, 9.17) is 5.26 Å². The Labute approximate surface area is 102 Å². The Morgan fingerprint density at radius 1 is 1.53 bits per heavy atom. The molecule has 0 amide bonds. The second kappa shape index (κ2) is 5.31. The first-order valence-corrected chi connectivity index (χ1v) is 6.09. The topological polar surface area (TPSA) is 47.3 Å². The van der Waals surface area contributed by atoms with Crippen molar-refractivity contribution in [3.05, 3.63) is 34.9 Å². The summed E-state index contributed by atoms with van der Waals surface area (Å²) in [5.41, 5.74) is 3.12. The van der Waals surface area contributed by atoms with Gasteiger partial charge < -0.3 is 5.11 Å². The number of β-amino-alcohol motifs (C(OH)–C–C–N with tert-alkyl or cyclic N) is 1. The summed E-state index contributed by atoms with van der Waals surface area (Å²) in [6.45, 7) is 4.72. The molecule has 1 aromatic carbocycles. The van der Waals surface area contributed by atoms with Crippen molar-refractivity contribution in [1.29, 1.82) is 5.26 Å². The average molecular weight is 230 g/mol. The summed E-state index contributed by atoms with van der Waals surface area (Å²) >= 11 is 0. The zero-order chi connectivity index (χ0) is 12.3. The first kappa shape index (κ1) is 12.1. The van der Waals surface area contributed by atoms with Crippen LogP contribution in [0.5, 0.6) is 0 Å². The second-order valence-corrected chi connectivity index (χ2v) is 4.78. The normalized spacial score (nSPS) is 21.1. The van der Waals surface area contributed by atoms with Gasteiger partial charge in [-0.05, 0) is 49.6 Å². The van der Waals surface area contributed by atoms with E-state index in [2.05, 4.69) is 11.0 Å². The minimum Gasteiger partial charge on any atom is -0.392 e. The molecule has 17 heavy (non-hydrogen) atoms. The molecule has 0 aliphatic carbocycles. The molecule has 1 heterocycles. The average Bonchev–Trinajstić information content (AvgIpc) is 2.32. The predicted molar refractivity (Wildman–Crippen MR) is 66.4 cm³/mol. The highest BCUT2D eigenvalue weighted by Gasteiger charge is 2.17. The molecule has 0 unspecified atom stereocenters. The molecule has 0 spiro atoms. The van der Waals surface area contributed by atoms with Gasteiger partial charge in [0.25, 0.3) is 0 Å². The smallest absolute Gasteiger partial charge is 0.0991 e. The minimum atomic E-state index is -0.178. The molecule has 0 radical (unpaired) electrons. The molecule has 1 atom stereocenters. The molecule has 0 aromatic heterocycles. The van der Waals surface area contributed by atoms with Crippen LogP contribution in [0.1, 0.15) is 29.5 Å². The highest BCUT2D eigenvalue weighted by molar-refractivity contribution is 5.37. The lowest BCUT2D eigenvalue weighted by Crippen LogP contribution is -2.37. The van der Waals surface area contributed by atoms with E-state index in [1.165, 1.54) is 5.56 Å². The van der Waals surface area contributed by atoms with Crippen LogP contribution in [0.3, 0.4) is 0 Å². The maximum atomic E-state index is 9.62. The van der Waals surface area contributed by atoms with Gasteiger partial charge in [-0.1, -0.05) is 6.07 Å². The van der Waals surface area contributed by atoms with Crippen molar-refractivity contribution in [2.24, 2.45) is 0 Å². The van der Waals surface area contributed by atoms with Crippen LogP contribution in [-0.2, 0) is 6.54 Å². The van der Waals surface area contributed by atoms with Crippen molar-refractivity contribution in [3.8, 4) is 6.07 Å². The number of aryl methyl sites for hydroxylation is 1. The maximum Gasteiger partial charge on any atom is 0.0991 e. The third-order valence-electron chi connectivity index (χ3n) is 3.35. The quantitative estimate of drug-likeness (QED) is 0.843. The lowest BCUT2D eigenvalue weighted by atomic mass is 10.0. The predicted octanol–water partition coefficient (Wildman–Crippen LogP) is 1.82. The highest BCUT2D eigenvalue weighted by Crippen LogP contribution is 2.17. The van der Waals surface area contributed by atoms with E-state index in [9.17, 15) is 5.11 Å². The second-order valence-electron chi connectivity index (χ2n) is 4.78. The van der Waals surface area contributed by atoms with Crippen LogP contribution in [0.15, 0.2) is 18.2 Å². The van der Waals surface area contributed by atoms with Crippen molar-refractivity contribution in [2.75, 3.05) is 13.1 Å². The first-order chi connectivity index (χ1) is 8.19. The van der Waals surface area contributed by atoms with Crippen molar-refractivity contribution in [1.82, 2.24) is 4.90 Å². The Morgan fingerprint density at radius 3 is 3.00 bits per heavy atom. The molecule has 90 valence electrons. The van der Waals surface area contributed by atoms with Crippen LogP contribution in [0.4, 0.5) is 0 Å². The molecule has 3 nitrogen and oxygen atoms in total. The number of nitrogens with zero attached hydrogens (tertiary/aromatic N) is 2. The van der Waals surface area contributed by atoms with Crippen LogP contribution < -0.4 is 0 Å². The molecule has 1 aliphatic heterocycles. The molecule has 0 bridgehead atoms. The third-order valence-corrected chi connectivity index (χ3v) is 3.35. The third kappa shape index (κ3) is 3.06. The molecular formula is C14H18N2O. The molecule has 1 aromatic rings. The van der Waals surface area contributed by atoms with Crippen LogP contribution in [0, 0.1) is 18.3 Å². The van der Waals surface area contributed by atoms with E-state index in [-0.39, 0.29) is 6.10 Å². The van der Waals surface area contributed by atoms with Gasteiger partial charge >= 0.3 is 0 Å². The summed E-state index contributed by atoms with van der Waals surface area (Å²) in [4.78, 5) is 2.28. The number of aliphatic hydroxyl groups excluding tert-OH is 1. The Balaban J connectivity index is 2.06. The van der Waals surface area contributed by atoms with Gasteiger partial charge in [0.1, 0.15) is 0 Å². The molecule has 1 N–H and O–H groups in total. The number of piperidine rings is 1. The van der Waals surface area contributed by atoms with Crippen molar-refractivity contribution < 1.29 is 5.11 Å². The molecular weight excluding hydrogens is 212 g/mol. The Bertz CT molecular complexity index is 436. The van der Waals surface area contributed by atoms with Gasteiger partial charge in [0.05, 0.1) is 17.7 Å². The summed E-state index contributed by atoms with van der Waals surface area (Å²) in [6, 6.07) is 7.96. The zero-order valence-electron chi connectivity index (χ0n) is 10.2.